The van der Waals surface area contributed by atoms with Crippen molar-refractivity contribution in [1.29, 1.82) is 0 Å². The quantitative estimate of drug-likeness (QED) is 0.603. The number of hydrogen-bond acceptors (Lipinski definition) is 2. The van der Waals surface area contributed by atoms with E-state index in [1.54, 1.807) is 11.3 Å². The minimum Gasteiger partial charge on any atom is -0.299 e. The second-order valence-corrected chi connectivity index (χ2v) is 3.55. The molecule has 0 N–H and O–H groups in total. The maximum atomic E-state index is 10.9. The van der Waals surface area contributed by atoms with E-state index in [1.807, 2.05) is 17.5 Å². The predicted molar refractivity (Wildman–Crippen MR) is 41.3 cm³/mol. The standard InChI is InChI=1S/C8H8OS/c9-7-4-3-6(7)8-2-1-5-10-8/h1-2,5-6H,3-4H2. The van der Waals surface area contributed by atoms with E-state index in [0.29, 0.717) is 5.78 Å². The lowest BCUT2D eigenvalue weighted by Gasteiger charge is -2.21. The molecule has 1 aliphatic rings. The predicted octanol–water partition coefficient (Wildman–Crippen LogP) is 2.19. The summed E-state index contributed by atoms with van der Waals surface area (Å²) in [5, 5.41) is 2.03. The van der Waals surface area contributed by atoms with Crippen molar-refractivity contribution in [3.63, 3.8) is 0 Å². The van der Waals surface area contributed by atoms with E-state index >= 15 is 0 Å². The molecule has 0 aliphatic heterocycles. The third kappa shape index (κ3) is 0.797. The van der Waals surface area contributed by atoms with Crippen LogP contribution in [-0.2, 0) is 4.79 Å². The molecule has 2 rings (SSSR count). The lowest BCUT2D eigenvalue weighted by atomic mass is 9.83. The Morgan fingerprint density at radius 3 is 2.90 bits per heavy atom. The van der Waals surface area contributed by atoms with Gasteiger partial charge in [-0.15, -0.1) is 11.3 Å². The van der Waals surface area contributed by atoms with Gasteiger partial charge in [0.1, 0.15) is 5.78 Å². The highest BCUT2D eigenvalue weighted by Gasteiger charge is 2.29. The van der Waals surface area contributed by atoms with Gasteiger partial charge in [0.25, 0.3) is 0 Å². The number of hydrogen-bond donors (Lipinski definition) is 0. The summed E-state index contributed by atoms with van der Waals surface area (Å²) in [6.07, 6.45) is 1.86. The Kier molecular flexibility index (Phi) is 1.34. The highest BCUT2D eigenvalue weighted by Crippen LogP contribution is 2.35. The van der Waals surface area contributed by atoms with E-state index in [1.165, 1.54) is 4.88 Å². The van der Waals surface area contributed by atoms with Gasteiger partial charge in [-0.2, -0.15) is 0 Å². The molecule has 0 spiro atoms. The van der Waals surface area contributed by atoms with E-state index in [4.69, 9.17) is 0 Å². The van der Waals surface area contributed by atoms with Crippen LogP contribution in [0.4, 0.5) is 0 Å². The van der Waals surface area contributed by atoms with Gasteiger partial charge in [-0.3, -0.25) is 4.79 Å². The van der Waals surface area contributed by atoms with Crippen molar-refractivity contribution in [2.24, 2.45) is 0 Å². The molecule has 0 bridgehead atoms. The maximum Gasteiger partial charge on any atom is 0.141 e. The van der Waals surface area contributed by atoms with Gasteiger partial charge in [-0.25, -0.2) is 0 Å². The van der Waals surface area contributed by atoms with E-state index in [-0.39, 0.29) is 5.92 Å². The molecule has 10 heavy (non-hydrogen) atoms. The normalized spacial score (nSPS) is 24.4. The van der Waals surface area contributed by atoms with Crippen LogP contribution >= 0.6 is 11.3 Å². The molecule has 1 nitrogen and oxygen atoms in total. The van der Waals surface area contributed by atoms with Crippen LogP contribution in [0.25, 0.3) is 0 Å². The monoisotopic (exact) mass is 152 g/mol. The summed E-state index contributed by atoms with van der Waals surface area (Å²) in [7, 11) is 0. The van der Waals surface area contributed by atoms with Crippen LogP contribution in [0.3, 0.4) is 0 Å². The molecule has 52 valence electrons. The molecular formula is C8H8OS. The molecular weight excluding hydrogens is 144 g/mol. The van der Waals surface area contributed by atoms with Crippen molar-refractivity contribution in [3.05, 3.63) is 22.4 Å². The highest BCUT2D eigenvalue weighted by molar-refractivity contribution is 7.10. The minimum absolute atomic E-state index is 0.264. The third-order valence-electron chi connectivity index (χ3n) is 1.95. The SMILES string of the molecule is O=C1CCC1c1cccs1. The molecule has 1 heterocycles. The van der Waals surface area contributed by atoms with Gasteiger partial charge in [-0.1, -0.05) is 6.07 Å². The summed E-state index contributed by atoms with van der Waals surface area (Å²) in [5.41, 5.74) is 0. The Bertz CT molecular complexity index is 238. The molecule has 0 radical (unpaired) electrons. The van der Waals surface area contributed by atoms with Crippen molar-refractivity contribution >= 4 is 17.1 Å². The number of carbonyl (C=O) groups is 1. The molecule has 1 aliphatic carbocycles. The van der Waals surface area contributed by atoms with E-state index in [9.17, 15) is 4.79 Å². The Hall–Kier alpha value is -0.630. The zero-order chi connectivity index (χ0) is 6.97. The van der Waals surface area contributed by atoms with Gasteiger partial charge in [-0.05, 0) is 17.9 Å². The highest BCUT2D eigenvalue weighted by atomic mass is 32.1. The van der Waals surface area contributed by atoms with Crippen molar-refractivity contribution in [2.45, 2.75) is 18.8 Å². The smallest absolute Gasteiger partial charge is 0.141 e. The summed E-state index contributed by atoms with van der Waals surface area (Å²) >= 11 is 1.69. The van der Waals surface area contributed by atoms with Crippen molar-refractivity contribution in [3.8, 4) is 0 Å². The van der Waals surface area contributed by atoms with Crippen molar-refractivity contribution in [1.82, 2.24) is 0 Å². The Labute approximate surface area is 63.7 Å². The largest absolute Gasteiger partial charge is 0.299 e. The second-order valence-electron chi connectivity index (χ2n) is 2.57. The molecule has 1 unspecified atom stereocenters. The first-order valence-electron chi connectivity index (χ1n) is 3.44. The Balaban J connectivity index is 2.21. The van der Waals surface area contributed by atoms with Crippen LogP contribution < -0.4 is 0 Å². The van der Waals surface area contributed by atoms with Crippen LogP contribution in [-0.4, -0.2) is 5.78 Å². The molecule has 1 fully saturated rings. The first kappa shape index (κ1) is 6.10. The summed E-state index contributed by atoms with van der Waals surface area (Å²) < 4.78 is 0. The van der Waals surface area contributed by atoms with Crippen LogP contribution in [0.2, 0.25) is 0 Å². The van der Waals surface area contributed by atoms with Gasteiger partial charge in [0.2, 0.25) is 0 Å². The first-order valence-corrected chi connectivity index (χ1v) is 4.32. The summed E-state index contributed by atoms with van der Waals surface area (Å²) in [6.45, 7) is 0. The molecule has 1 aromatic heterocycles. The minimum atomic E-state index is 0.264. The fourth-order valence-electron chi connectivity index (χ4n) is 1.20. The molecule has 1 aromatic rings. The molecule has 1 atom stereocenters. The Morgan fingerprint density at radius 1 is 1.60 bits per heavy atom. The zero-order valence-electron chi connectivity index (χ0n) is 5.54. The van der Waals surface area contributed by atoms with E-state index in [2.05, 4.69) is 0 Å². The van der Waals surface area contributed by atoms with E-state index < -0.39 is 0 Å². The molecule has 1 saturated carbocycles. The van der Waals surface area contributed by atoms with Gasteiger partial charge >= 0.3 is 0 Å². The number of rotatable bonds is 1. The molecule has 0 amide bonds. The van der Waals surface area contributed by atoms with Crippen LogP contribution in [0.5, 0.6) is 0 Å². The number of Topliss-reactive ketones (excluding diaryl/α,β-unsaturated/α-hetero) is 1. The fraction of sp³-hybridized carbons (Fsp3) is 0.375. The summed E-state index contributed by atoms with van der Waals surface area (Å²) in [6, 6.07) is 4.05. The lowest BCUT2D eigenvalue weighted by Crippen LogP contribution is -2.21. The van der Waals surface area contributed by atoms with Gasteiger partial charge in [0.15, 0.2) is 0 Å². The number of carbonyl (C=O) groups excluding carboxylic acids is 1. The van der Waals surface area contributed by atoms with Crippen molar-refractivity contribution in [2.75, 3.05) is 0 Å². The topological polar surface area (TPSA) is 17.1 Å². The van der Waals surface area contributed by atoms with Gasteiger partial charge < -0.3 is 0 Å². The second kappa shape index (κ2) is 2.20. The summed E-state index contributed by atoms with van der Waals surface area (Å²) in [4.78, 5) is 12.2. The summed E-state index contributed by atoms with van der Waals surface area (Å²) in [5.74, 6) is 0.683. The third-order valence-corrected chi connectivity index (χ3v) is 2.94. The molecule has 2 heteroatoms. The number of ketones is 1. The molecule has 0 saturated heterocycles. The number of thiophene rings is 1. The van der Waals surface area contributed by atoms with Crippen molar-refractivity contribution < 1.29 is 4.79 Å². The van der Waals surface area contributed by atoms with Crippen LogP contribution in [0.1, 0.15) is 23.6 Å². The fourth-order valence-corrected chi connectivity index (χ4v) is 2.08. The Morgan fingerprint density at radius 2 is 2.50 bits per heavy atom. The molecule has 0 aromatic carbocycles. The maximum absolute atomic E-state index is 10.9. The lowest BCUT2D eigenvalue weighted by molar-refractivity contribution is -0.125. The average Bonchev–Trinajstić information content (AvgIpc) is 2.37. The first-order chi connectivity index (χ1) is 4.88. The zero-order valence-corrected chi connectivity index (χ0v) is 6.36. The van der Waals surface area contributed by atoms with Crippen LogP contribution in [0.15, 0.2) is 17.5 Å². The van der Waals surface area contributed by atoms with E-state index in [0.717, 1.165) is 12.8 Å². The van der Waals surface area contributed by atoms with Gasteiger partial charge in [0.05, 0.1) is 5.92 Å². The van der Waals surface area contributed by atoms with Gasteiger partial charge in [0, 0.05) is 11.3 Å². The average molecular weight is 152 g/mol. The van der Waals surface area contributed by atoms with Crippen LogP contribution in [0, 0.1) is 0 Å².